The Morgan fingerprint density at radius 2 is 2.04 bits per heavy atom. The van der Waals surface area contributed by atoms with E-state index in [0.29, 0.717) is 18.2 Å². The van der Waals surface area contributed by atoms with E-state index in [1.807, 2.05) is 25.3 Å². The normalized spacial score (nSPS) is 17.1. The lowest BCUT2D eigenvalue weighted by Crippen LogP contribution is -2.37. The number of aromatic nitrogens is 2. The summed E-state index contributed by atoms with van der Waals surface area (Å²) in [6, 6.07) is 14.5. The van der Waals surface area contributed by atoms with Crippen molar-refractivity contribution in [3.8, 4) is 0 Å². The van der Waals surface area contributed by atoms with Crippen LogP contribution in [0.15, 0.2) is 53.5 Å². The molecule has 122 valence electrons. The molecule has 0 saturated carbocycles. The summed E-state index contributed by atoms with van der Waals surface area (Å²) in [5, 5.41) is 0. The van der Waals surface area contributed by atoms with Crippen molar-refractivity contribution >= 4 is 11.3 Å². The van der Waals surface area contributed by atoms with Crippen molar-refractivity contribution in [2.75, 3.05) is 4.90 Å². The standard InChI is InChI=1S/C20H21N3O/c1-14-7-10-19-21-17(11-20(24)23(19)12-14)13-22-15(2)8-9-16-5-3-4-6-18(16)22/h3-7,10-12,15H,8-9,13H2,1-2H3/t15-/m1/s1. The highest BCUT2D eigenvalue weighted by atomic mass is 16.1. The molecule has 0 saturated heterocycles. The van der Waals surface area contributed by atoms with Gasteiger partial charge in [0.25, 0.3) is 5.56 Å². The molecule has 3 heterocycles. The monoisotopic (exact) mass is 319 g/mol. The van der Waals surface area contributed by atoms with E-state index >= 15 is 0 Å². The summed E-state index contributed by atoms with van der Waals surface area (Å²) in [6.07, 6.45) is 4.08. The van der Waals surface area contributed by atoms with Gasteiger partial charge in [0.05, 0.1) is 12.2 Å². The Morgan fingerprint density at radius 1 is 1.21 bits per heavy atom. The molecular weight excluding hydrogens is 298 g/mol. The van der Waals surface area contributed by atoms with Crippen LogP contribution in [0.1, 0.15) is 30.2 Å². The minimum absolute atomic E-state index is 0.0170. The Bertz CT molecular complexity index is 961. The first kappa shape index (κ1) is 14.9. The topological polar surface area (TPSA) is 37.6 Å². The minimum Gasteiger partial charge on any atom is -0.363 e. The van der Waals surface area contributed by atoms with E-state index in [1.54, 1.807) is 10.5 Å². The Morgan fingerprint density at radius 3 is 2.92 bits per heavy atom. The number of aryl methyl sites for hydroxylation is 2. The lowest BCUT2D eigenvalue weighted by Gasteiger charge is -2.36. The average Bonchev–Trinajstić information content (AvgIpc) is 2.58. The van der Waals surface area contributed by atoms with Gasteiger partial charge < -0.3 is 4.90 Å². The molecule has 24 heavy (non-hydrogen) atoms. The van der Waals surface area contributed by atoms with E-state index in [0.717, 1.165) is 24.1 Å². The van der Waals surface area contributed by atoms with Gasteiger partial charge in [0, 0.05) is 24.0 Å². The van der Waals surface area contributed by atoms with E-state index in [1.165, 1.54) is 11.3 Å². The van der Waals surface area contributed by atoms with Gasteiger partial charge in [0.2, 0.25) is 0 Å². The summed E-state index contributed by atoms with van der Waals surface area (Å²) in [5.41, 5.74) is 5.22. The number of hydrogen-bond acceptors (Lipinski definition) is 3. The summed E-state index contributed by atoms with van der Waals surface area (Å²) < 4.78 is 1.62. The maximum Gasteiger partial charge on any atom is 0.258 e. The van der Waals surface area contributed by atoms with Crippen molar-refractivity contribution in [1.29, 1.82) is 0 Å². The Balaban J connectivity index is 1.74. The predicted molar refractivity (Wildman–Crippen MR) is 96.6 cm³/mol. The van der Waals surface area contributed by atoms with Gasteiger partial charge in [-0.2, -0.15) is 0 Å². The summed E-state index contributed by atoms with van der Waals surface area (Å²) in [6.45, 7) is 4.89. The van der Waals surface area contributed by atoms with Crippen LogP contribution in [0.3, 0.4) is 0 Å². The molecule has 0 amide bonds. The molecule has 1 aromatic carbocycles. The minimum atomic E-state index is -0.0170. The van der Waals surface area contributed by atoms with E-state index in [9.17, 15) is 4.79 Å². The predicted octanol–water partition coefficient (Wildman–Crippen LogP) is 3.34. The van der Waals surface area contributed by atoms with Crippen molar-refractivity contribution in [3.05, 3.63) is 75.8 Å². The molecular formula is C20H21N3O. The van der Waals surface area contributed by atoms with E-state index in [-0.39, 0.29) is 5.56 Å². The van der Waals surface area contributed by atoms with Gasteiger partial charge in [-0.3, -0.25) is 9.20 Å². The van der Waals surface area contributed by atoms with Crippen LogP contribution >= 0.6 is 0 Å². The molecule has 0 aliphatic carbocycles. The van der Waals surface area contributed by atoms with Crippen molar-refractivity contribution in [3.63, 3.8) is 0 Å². The molecule has 1 aliphatic heterocycles. The molecule has 0 fully saturated rings. The molecule has 4 heteroatoms. The lowest BCUT2D eigenvalue weighted by atomic mass is 9.96. The van der Waals surface area contributed by atoms with Crippen LogP contribution in [0, 0.1) is 6.92 Å². The molecule has 0 unspecified atom stereocenters. The van der Waals surface area contributed by atoms with Gasteiger partial charge in [0.15, 0.2) is 0 Å². The second-order valence-electron chi connectivity index (χ2n) is 6.66. The van der Waals surface area contributed by atoms with E-state index in [2.05, 4.69) is 36.1 Å². The molecule has 2 aromatic heterocycles. The maximum atomic E-state index is 12.4. The van der Waals surface area contributed by atoms with Gasteiger partial charge in [-0.05, 0) is 49.9 Å². The first-order chi connectivity index (χ1) is 11.6. The molecule has 4 rings (SSSR count). The molecule has 0 radical (unpaired) electrons. The molecule has 1 aliphatic rings. The van der Waals surface area contributed by atoms with Crippen LogP contribution in [0.2, 0.25) is 0 Å². The molecule has 4 nitrogen and oxygen atoms in total. The third-order valence-corrected chi connectivity index (χ3v) is 4.86. The molecule has 0 bridgehead atoms. The van der Waals surface area contributed by atoms with Crippen LogP contribution in [0.5, 0.6) is 0 Å². The van der Waals surface area contributed by atoms with Crippen molar-refractivity contribution in [2.45, 2.75) is 39.3 Å². The molecule has 3 aromatic rings. The quantitative estimate of drug-likeness (QED) is 0.727. The zero-order valence-electron chi connectivity index (χ0n) is 14.1. The summed E-state index contributed by atoms with van der Waals surface area (Å²) in [4.78, 5) is 19.5. The van der Waals surface area contributed by atoms with E-state index in [4.69, 9.17) is 4.98 Å². The molecule has 0 spiro atoms. The number of fused-ring (bicyclic) bond motifs is 2. The number of para-hydroxylation sites is 1. The number of pyridine rings is 1. The van der Waals surface area contributed by atoms with Crippen LogP contribution in [-0.4, -0.2) is 15.4 Å². The van der Waals surface area contributed by atoms with Crippen LogP contribution in [0.4, 0.5) is 5.69 Å². The van der Waals surface area contributed by atoms with Gasteiger partial charge in [0.1, 0.15) is 5.65 Å². The molecule has 0 N–H and O–H groups in total. The summed E-state index contributed by atoms with van der Waals surface area (Å²) >= 11 is 0. The number of hydrogen-bond donors (Lipinski definition) is 0. The third kappa shape index (κ3) is 2.58. The second kappa shape index (κ2) is 5.78. The Labute approximate surface area is 141 Å². The maximum absolute atomic E-state index is 12.4. The number of benzene rings is 1. The summed E-state index contributed by atoms with van der Waals surface area (Å²) in [5.74, 6) is 0. The third-order valence-electron chi connectivity index (χ3n) is 4.86. The Hall–Kier alpha value is -2.62. The number of anilines is 1. The second-order valence-corrected chi connectivity index (χ2v) is 6.66. The van der Waals surface area contributed by atoms with Crippen molar-refractivity contribution in [2.24, 2.45) is 0 Å². The summed E-state index contributed by atoms with van der Waals surface area (Å²) in [7, 11) is 0. The number of nitrogens with zero attached hydrogens (tertiary/aromatic N) is 3. The van der Waals surface area contributed by atoms with Crippen molar-refractivity contribution < 1.29 is 0 Å². The van der Waals surface area contributed by atoms with Crippen LogP contribution < -0.4 is 10.5 Å². The van der Waals surface area contributed by atoms with Gasteiger partial charge in [-0.15, -0.1) is 0 Å². The van der Waals surface area contributed by atoms with Crippen LogP contribution in [0.25, 0.3) is 5.65 Å². The Kier molecular flexibility index (Phi) is 3.60. The zero-order valence-corrected chi connectivity index (χ0v) is 14.1. The first-order valence-electron chi connectivity index (χ1n) is 8.45. The largest absolute Gasteiger partial charge is 0.363 e. The average molecular weight is 319 g/mol. The van der Waals surface area contributed by atoms with Crippen molar-refractivity contribution in [1.82, 2.24) is 9.38 Å². The first-order valence-corrected chi connectivity index (χ1v) is 8.45. The highest BCUT2D eigenvalue weighted by Gasteiger charge is 2.23. The van der Waals surface area contributed by atoms with Gasteiger partial charge in [-0.25, -0.2) is 4.98 Å². The smallest absolute Gasteiger partial charge is 0.258 e. The number of rotatable bonds is 2. The fourth-order valence-electron chi connectivity index (χ4n) is 3.51. The highest BCUT2D eigenvalue weighted by Crippen LogP contribution is 2.31. The zero-order chi connectivity index (χ0) is 16.7. The lowest BCUT2D eigenvalue weighted by molar-refractivity contribution is 0.556. The SMILES string of the molecule is Cc1ccc2nc(CN3c4ccccc4CC[C@H]3C)cc(=O)n2c1. The van der Waals surface area contributed by atoms with Gasteiger partial charge >= 0.3 is 0 Å². The fourth-order valence-corrected chi connectivity index (χ4v) is 3.51. The highest BCUT2D eigenvalue weighted by molar-refractivity contribution is 5.56. The molecule has 1 atom stereocenters. The fraction of sp³-hybridized carbons (Fsp3) is 0.300. The van der Waals surface area contributed by atoms with Crippen LogP contribution in [-0.2, 0) is 13.0 Å². The van der Waals surface area contributed by atoms with E-state index < -0.39 is 0 Å². The van der Waals surface area contributed by atoms with Gasteiger partial charge in [-0.1, -0.05) is 24.3 Å².